The molecule has 2 aromatic rings. The first-order valence-electron chi connectivity index (χ1n) is 14.9. The van der Waals surface area contributed by atoms with Crippen molar-refractivity contribution < 1.29 is 23.4 Å². The van der Waals surface area contributed by atoms with Gasteiger partial charge < -0.3 is 24.4 Å². The zero-order valence-corrected chi connectivity index (χ0v) is 24.9. The molecule has 0 radical (unpaired) electrons. The van der Waals surface area contributed by atoms with E-state index in [0.717, 1.165) is 44.0 Å². The van der Waals surface area contributed by atoms with Gasteiger partial charge >= 0.3 is 0 Å². The standard InChI is InChI=1S/C31H44FN5O4/c1-6-40-30-25(11-24-7-9-26(32)10-8-24)12-28-31(34-30)41-19-23(5)37(28)29(38)16-35-14-20(2)33-13-27(35)15-36-21(3)17-39-18-22(36)4/h7-10,12,20-23,27,33H,6,11,13-19H2,1-5H3/t20-,21-,22-,23+,27-/m1/s1. The van der Waals surface area contributed by atoms with E-state index in [0.29, 0.717) is 61.8 Å². The highest BCUT2D eigenvalue weighted by Crippen LogP contribution is 2.37. The normalized spacial score (nSPS) is 27.3. The number of hydrogen-bond acceptors (Lipinski definition) is 8. The lowest BCUT2D eigenvalue weighted by atomic mass is 10.0. The number of hydrogen-bond donors (Lipinski definition) is 1. The zero-order chi connectivity index (χ0) is 29.1. The lowest BCUT2D eigenvalue weighted by Gasteiger charge is -2.46. The van der Waals surface area contributed by atoms with Crippen molar-refractivity contribution in [1.29, 1.82) is 0 Å². The molecule has 224 valence electrons. The van der Waals surface area contributed by atoms with Gasteiger partial charge in [0.25, 0.3) is 0 Å². The molecule has 2 saturated heterocycles. The molecule has 3 aliphatic rings. The van der Waals surface area contributed by atoms with Crippen LogP contribution in [0.15, 0.2) is 30.3 Å². The number of amides is 1. The van der Waals surface area contributed by atoms with Crippen molar-refractivity contribution in [3.8, 4) is 11.8 Å². The van der Waals surface area contributed by atoms with Gasteiger partial charge in [-0.15, -0.1) is 0 Å². The summed E-state index contributed by atoms with van der Waals surface area (Å²) < 4.78 is 31.1. The molecule has 10 heteroatoms. The predicted molar refractivity (Wildman–Crippen MR) is 156 cm³/mol. The summed E-state index contributed by atoms with van der Waals surface area (Å²) in [6, 6.07) is 9.41. The van der Waals surface area contributed by atoms with Crippen LogP contribution >= 0.6 is 0 Å². The van der Waals surface area contributed by atoms with Crippen LogP contribution in [0.1, 0.15) is 45.7 Å². The van der Waals surface area contributed by atoms with Gasteiger partial charge in [-0.2, -0.15) is 4.98 Å². The molecule has 5 rings (SSSR count). The highest BCUT2D eigenvalue weighted by atomic mass is 19.1. The van der Waals surface area contributed by atoms with Crippen molar-refractivity contribution in [3.05, 3.63) is 47.3 Å². The minimum atomic E-state index is -0.278. The van der Waals surface area contributed by atoms with Crippen molar-refractivity contribution in [1.82, 2.24) is 20.1 Å². The molecule has 1 aromatic heterocycles. The van der Waals surface area contributed by atoms with Crippen molar-refractivity contribution in [2.45, 2.75) is 71.2 Å². The smallest absolute Gasteiger partial charge is 0.241 e. The second-order valence-corrected chi connectivity index (χ2v) is 11.8. The fourth-order valence-electron chi connectivity index (χ4n) is 6.18. The lowest BCUT2D eigenvalue weighted by Crippen LogP contribution is -2.63. The predicted octanol–water partition coefficient (Wildman–Crippen LogP) is 3.10. The number of rotatable bonds is 8. The van der Waals surface area contributed by atoms with Gasteiger partial charge in [-0.25, -0.2) is 4.39 Å². The van der Waals surface area contributed by atoms with Gasteiger partial charge in [0.15, 0.2) is 0 Å². The Kier molecular flexibility index (Phi) is 9.43. The summed E-state index contributed by atoms with van der Waals surface area (Å²) in [6.45, 7) is 15.6. The first-order chi connectivity index (χ1) is 19.7. The number of pyridine rings is 1. The molecule has 1 aromatic carbocycles. The van der Waals surface area contributed by atoms with Crippen LogP contribution in [0, 0.1) is 5.82 Å². The molecule has 0 spiro atoms. The first-order valence-corrected chi connectivity index (χ1v) is 14.9. The molecule has 9 nitrogen and oxygen atoms in total. The van der Waals surface area contributed by atoms with Crippen molar-refractivity contribution in [3.63, 3.8) is 0 Å². The Morgan fingerprint density at radius 2 is 1.83 bits per heavy atom. The van der Waals surface area contributed by atoms with Gasteiger partial charge in [0.2, 0.25) is 17.7 Å². The highest BCUT2D eigenvalue weighted by Gasteiger charge is 2.37. The van der Waals surface area contributed by atoms with Crippen LogP contribution in [0.25, 0.3) is 0 Å². The number of benzene rings is 1. The van der Waals surface area contributed by atoms with E-state index in [9.17, 15) is 9.18 Å². The molecule has 2 fully saturated rings. The van der Waals surface area contributed by atoms with Gasteiger partial charge in [-0.05, 0) is 58.4 Å². The number of anilines is 1. The maximum Gasteiger partial charge on any atom is 0.241 e. The summed E-state index contributed by atoms with van der Waals surface area (Å²) in [5.41, 5.74) is 2.42. The largest absolute Gasteiger partial charge is 0.478 e. The summed E-state index contributed by atoms with van der Waals surface area (Å²) in [7, 11) is 0. The van der Waals surface area contributed by atoms with E-state index in [1.54, 1.807) is 12.1 Å². The number of fused-ring (bicyclic) bond motifs is 1. The Hall–Kier alpha value is -2.79. The molecular weight excluding hydrogens is 525 g/mol. The summed E-state index contributed by atoms with van der Waals surface area (Å²) >= 11 is 0. The summed E-state index contributed by atoms with van der Waals surface area (Å²) in [4.78, 5) is 25.5. The van der Waals surface area contributed by atoms with E-state index >= 15 is 0 Å². The molecule has 0 saturated carbocycles. The average Bonchev–Trinajstić information content (AvgIpc) is 2.93. The Balaban J connectivity index is 1.39. The minimum absolute atomic E-state index is 0.0305. The second-order valence-electron chi connectivity index (χ2n) is 11.8. The van der Waals surface area contributed by atoms with Gasteiger partial charge in [0, 0.05) is 55.8 Å². The molecule has 0 aliphatic carbocycles. The number of carbonyl (C=O) groups is 1. The molecule has 4 heterocycles. The molecule has 5 atom stereocenters. The number of carbonyl (C=O) groups excluding carboxylic acids is 1. The maximum absolute atomic E-state index is 14.1. The van der Waals surface area contributed by atoms with Gasteiger partial charge in [-0.3, -0.25) is 14.6 Å². The van der Waals surface area contributed by atoms with E-state index < -0.39 is 0 Å². The number of aromatic nitrogens is 1. The molecule has 1 amide bonds. The SMILES string of the molecule is CCOc1nc2c(cc1Cc1ccc(F)cc1)N(C(=O)CN1C[C@@H](C)NC[C@@H]1CN1[C@H](C)COC[C@H]1C)[C@@H](C)CO2. The molecule has 1 N–H and O–H groups in total. The quantitative estimate of drug-likeness (QED) is 0.520. The van der Waals surface area contributed by atoms with E-state index in [1.165, 1.54) is 12.1 Å². The molecule has 3 aliphatic heterocycles. The van der Waals surface area contributed by atoms with E-state index in [2.05, 4.69) is 35.9 Å². The second kappa shape index (κ2) is 13.0. The first kappa shape index (κ1) is 29.7. The van der Waals surface area contributed by atoms with Crippen LogP contribution < -0.4 is 19.7 Å². The Morgan fingerprint density at radius 3 is 2.54 bits per heavy atom. The van der Waals surface area contributed by atoms with E-state index in [4.69, 9.17) is 19.2 Å². The summed E-state index contributed by atoms with van der Waals surface area (Å²) in [5, 5.41) is 3.62. The van der Waals surface area contributed by atoms with Crippen molar-refractivity contribution in [2.24, 2.45) is 0 Å². The minimum Gasteiger partial charge on any atom is -0.478 e. The maximum atomic E-state index is 14.1. The van der Waals surface area contributed by atoms with Crippen LogP contribution in [0.2, 0.25) is 0 Å². The van der Waals surface area contributed by atoms with E-state index in [1.807, 2.05) is 24.8 Å². The fraction of sp³-hybridized carbons (Fsp3) is 0.613. The van der Waals surface area contributed by atoms with Crippen LogP contribution in [-0.2, 0) is 16.0 Å². The number of morpholine rings is 1. The van der Waals surface area contributed by atoms with Crippen molar-refractivity contribution >= 4 is 11.6 Å². The molecular formula is C31H44FN5O4. The zero-order valence-electron chi connectivity index (χ0n) is 24.9. The monoisotopic (exact) mass is 569 g/mol. The fourth-order valence-corrected chi connectivity index (χ4v) is 6.18. The Bertz CT molecular complexity index is 1190. The third kappa shape index (κ3) is 6.83. The summed E-state index contributed by atoms with van der Waals surface area (Å²) in [6.07, 6.45) is 0.500. The van der Waals surface area contributed by atoms with Gasteiger partial charge in [-0.1, -0.05) is 12.1 Å². The van der Waals surface area contributed by atoms with Gasteiger partial charge in [0.1, 0.15) is 18.1 Å². The van der Waals surface area contributed by atoms with Crippen LogP contribution in [0.4, 0.5) is 10.1 Å². The number of piperazine rings is 1. The molecule has 41 heavy (non-hydrogen) atoms. The molecule has 0 bridgehead atoms. The van der Waals surface area contributed by atoms with Crippen molar-refractivity contribution in [2.75, 3.05) is 57.5 Å². The van der Waals surface area contributed by atoms with Crippen LogP contribution in [-0.4, -0.2) is 104 Å². The number of nitrogens with zero attached hydrogens (tertiary/aromatic N) is 4. The topological polar surface area (TPSA) is 79.4 Å². The number of halogens is 1. The van der Waals surface area contributed by atoms with Crippen LogP contribution in [0.3, 0.4) is 0 Å². The third-order valence-electron chi connectivity index (χ3n) is 8.36. The third-order valence-corrected chi connectivity index (χ3v) is 8.36. The Morgan fingerprint density at radius 1 is 1.10 bits per heavy atom. The highest BCUT2D eigenvalue weighted by molar-refractivity contribution is 5.97. The lowest BCUT2D eigenvalue weighted by molar-refractivity contribution is -0.122. The number of nitrogens with one attached hydrogen (secondary N) is 1. The Labute approximate surface area is 242 Å². The summed E-state index contributed by atoms with van der Waals surface area (Å²) in [5.74, 6) is 0.633. The van der Waals surface area contributed by atoms with Gasteiger partial charge in [0.05, 0.1) is 32.4 Å². The van der Waals surface area contributed by atoms with E-state index in [-0.39, 0.29) is 23.8 Å². The molecule has 0 unspecified atom stereocenters. The number of ether oxygens (including phenoxy) is 3. The average molecular weight is 570 g/mol. The van der Waals surface area contributed by atoms with Crippen LogP contribution in [0.5, 0.6) is 11.8 Å².